The lowest BCUT2D eigenvalue weighted by Crippen LogP contribution is -2.32. The molecule has 0 aliphatic heterocycles. The van der Waals surface area contributed by atoms with Gasteiger partial charge in [0.05, 0.1) is 18.0 Å². The van der Waals surface area contributed by atoms with E-state index >= 15 is 0 Å². The highest BCUT2D eigenvalue weighted by molar-refractivity contribution is 6.03. The molecule has 3 amide bonds. The molecule has 0 spiro atoms. The van der Waals surface area contributed by atoms with Gasteiger partial charge in [0.15, 0.2) is 0 Å². The Morgan fingerprint density at radius 1 is 0.947 bits per heavy atom. The molecule has 0 bridgehead atoms. The Bertz CT molecular complexity index is 1250. The van der Waals surface area contributed by atoms with Gasteiger partial charge in [-0.3, -0.25) is 14.9 Å². The Labute approximate surface area is 221 Å². The maximum absolute atomic E-state index is 12.6. The minimum Gasteiger partial charge on any atom is -0.491 e. The van der Waals surface area contributed by atoms with Gasteiger partial charge in [-0.15, -0.1) is 0 Å². The Morgan fingerprint density at radius 2 is 1.66 bits per heavy atom. The van der Waals surface area contributed by atoms with E-state index in [2.05, 4.69) is 10.6 Å². The van der Waals surface area contributed by atoms with Crippen molar-refractivity contribution in [2.75, 3.05) is 24.3 Å². The lowest BCUT2D eigenvalue weighted by molar-refractivity contribution is -0.111. The summed E-state index contributed by atoms with van der Waals surface area (Å²) in [6.45, 7) is -0.0976. The van der Waals surface area contributed by atoms with Crippen LogP contribution in [0.15, 0.2) is 91.0 Å². The molecular weight excluding hydrogens is 486 g/mol. The molecule has 0 radical (unpaired) electrons. The van der Waals surface area contributed by atoms with Crippen LogP contribution in [0.2, 0.25) is 0 Å². The number of anilines is 2. The zero-order valence-electron chi connectivity index (χ0n) is 20.8. The summed E-state index contributed by atoms with van der Waals surface area (Å²) in [6.07, 6.45) is 3.00. The maximum atomic E-state index is 12.6. The highest BCUT2D eigenvalue weighted by atomic mass is 16.6. The second-order valence-electron chi connectivity index (χ2n) is 8.23. The number of carbonyl (C=O) groups excluding carboxylic acids is 3. The number of aliphatic hydroxyl groups excluding tert-OH is 1. The molecule has 0 saturated carbocycles. The summed E-state index contributed by atoms with van der Waals surface area (Å²) in [4.78, 5) is 37.2. The van der Waals surface area contributed by atoms with Crippen LogP contribution in [0.5, 0.6) is 5.75 Å². The number of allylic oxidation sites excluding steroid dienone is 1. The van der Waals surface area contributed by atoms with Gasteiger partial charge in [0, 0.05) is 11.1 Å². The smallest absolute Gasteiger partial charge is 0.414 e. The molecule has 0 aliphatic carbocycles. The number of benzene rings is 3. The van der Waals surface area contributed by atoms with E-state index in [4.69, 9.17) is 20.3 Å². The second kappa shape index (κ2) is 14.8. The van der Waals surface area contributed by atoms with Gasteiger partial charge in [-0.2, -0.15) is 0 Å². The van der Waals surface area contributed by atoms with E-state index in [-0.39, 0.29) is 19.1 Å². The van der Waals surface area contributed by atoms with E-state index in [1.807, 2.05) is 0 Å². The molecule has 0 heterocycles. The van der Waals surface area contributed by atoms with Crippen LogP contribution in [0.1, 0.15) is 41.3 Å². The van der Waals surface area contributed by atoms with Crippen LogP contribution in [0, 0.1) is 0 Å². The molecule has 5 N–H and O–H groups in total. The molecule has 38 heavy (non-hydrogen) atoms. The van der Waals surface area contributed by atoms with Crippen LogP contribution >= 0.6 is 0 Å². The predicted octanol–water partition coefficient (Wildman–Crippen LogP) is 4.61. The minimum absolute atomic E-state index is 0.0756. The van der Waals surface area contributed by atoms with Gasteiger partial charge < -0.3 is 25.6 Å². The summed E-state index contributed by atoms with van der Waals surface area (Å²) in [6, 6.07) is 22.3. The van der Waals surface area contributed by atoms with E-state index < -0.39 is 18.1 Å². The van der Waals surface area contributed by atoms with Crippen LogP contribution in [0.3, 0.4) is 0 Å². The number of aliphatic hydroxyl groups is 1. The summed E-state index contributed by atoms with van der Waals surface area (Å²) < 4.78 is 11.3. The first-order chi connectivity index (χ1) is 18.5. The first-order valence-corrected chi connectivity index (χ1v) is 12.2. The third kappa shape index (κ3) is 8.79. The topological polar surface area (TPSA) is 140 Å². The number of hydrogen-bond donors (Lipinski definition) is 4. The van der Waals surface area contributed by atoms with E-state index in [9.17, 15) is 14.4 Å². The number of alkyl carbamates (subject to hydrolysis) is 1. The van der Waals surface area contributed by atoms with Gasteiger partial charge in [0.25, 0.3) is 5.91 Å². The molecule has 0 aliphatic rings. The van der Waals surface area contributed by atoms with Crippen LogP contribution < -0.4 is 21.1 Å². The normalized spacial score (nSPS) is 11.5. The quantitative estimate of drug-likeness (QED) is 0.156. The number of para-hydroxylation sites is 3. The summed E-state index contributed by atoms with van der Waals surface area (Å²) in [5, 5.41) is 14.1. The Morgan fingerprint density at radius 3 is 2.42 bits per heavy atom. The zero-order chi connectivity index (χ0) is 27.2. The molecule has 3 aromatic carbocycles. The van der Waals surface area contributed by atoms with E-state index in [1.165, 1.54) is 6.08 Å². The molecule has 1 atom stereocenters. The summed E-state index contributed by atoms with van der Waals surface area (Å²) in [7, 11) is 0. The molecule has 9 nitrogen and oxygen atoms in total. The lowest BCUT2D eigenvalue weighted by Gasteiger charge is -2.21. The van der Waals surface area contributed by atoms with Gasteiger partial charge in [-0.05, 0) is 55.7 Å². The number of unbranched alkanes of at least 4 members (excludes halogenated alkanes) is 1. The van der Waals surface area contributed by atoms with Crippen LogP contribution in [0.25, 0.3) is 0 Å². The first-order valence-electron chi connectivity index (χ1n) is 12.2. The fourth-order valence-electron chi connectivity index (χ4n) is 3.62. The maximum Gasteiger partial charge on any atom is 0.414 e. The van der Waals surface area contributed by atoms with Crippen molar-refractivity contribution in [3.63, 3.8) is 0 Å². The average molecular weight is 518 g/mol. The second-order valence-corrected chi connectivity index (χ2v) is 8.23. The van der Waals surface area contributed by atoms with Gasteiger partial charge in [-0.1, -0.05) is 54.6 Å². The van der Waals surface area contributed by atoms with Crippen molar-refractivity contribution in [2.24, 2.45) is 0 Å². The Balaban J connectivity index is 1.62. The van der Waals surface area contributed by atoms with Crippen LogP contribution in [-0.2, 0) is 9.53 Å². The fraction of sp³-hybridized carbons (Fsp3) is 0.207. The fourth-order valence-corrected chi connectivity index (χ4v) is 3.62. The van der Waals surface area contributed by atoms with E-state index in [0.29, 0.717) is 47.5 Å². The molecule has 0 saturated heterocycles. The molecule has 3 aromatic rings. The predicted molar refractivity (Wildman–Crippen MR) is 145 cm³/mol. The number of ether oxygens (including phenoxy) is 2. The van der Waals surface area contributed by atoms with Crippen molar-refractivity contribution in [3.8, 4) is 5.75 Å². The van der Waals surface area contributed by atoms with Gasteiger partial charge in [0.2, 0.25) is 5.91 Å². The zero-order valence-corrected chi connectivity index (χ0v) is 20.8. The number of nitrogens with two attached hydrogens (primary N) is 1. The third-order valence-corrected chi connectivity index (χ3v) is 5.44. The van der Waals surface area contributed by atoms with Crippen molar-refractivity contribution in [1.29, 1.82) is 0 Å². The molecule has 0 aromatic heterocycles. The summed E-state index contributed by atoms with van der Waals surface area (Å²) in [5.41, 5.74) is 7.78. The van der Waals surface area contributed by atoms with Crippen LogP contribution in [0.4, 0.5) is 16.2 Å². The first kappa shape index (κ1) is 27.9. The molecular formula is C29H31N3O6. The number of nitrogens with one attached hydrogen (secondary N) is 2. The molecule has 3 rings (SSSR count). The van der Waals surface area contributed by atoms with E-state index in [1.54, 1.807) is 84.9 Å². The van der Waals surface area contributed by atoms with Crippen molar-refractivity contribution < 1.29 is 29.0 Å². The third-order valence-electron chi connectivity index (χ3n) is 5.44. The monoisotopic (exact) mass is 517 g/mol. The highest BCUT2D eigenvalue weighted by Gasteiger charge is 2.22. The number of amides is 3. The van der Waals surface area contributed by atoms with Gasteiger partial charge in [0.1, 0.15) is 18.5 Å². The largest absolute Gasteiger partial charge is 0.491 e. The standard InChI is InChI=1S/C29H31N3O6/c30-23-14-8-9-15-24(23)31-27(34)18-6-2-5-17-26(22-13-7-10-16-25(22)37-20-19-33)38-29(36)32-28(35)21-11-3-1-4-12-21/h1,3-4,6-16,18,26,33H,2,5,17,19-20,30H2,(H,31,34)(H,32,35,36)/b18-6+/t26-/m1/s1. The Kier molecular flexibility index (Phi) is 10.9. The highest BCUT2D eigenvalue weighted by Crippen LogP contribution is 2.31. The molecule has 9 heteroatoms. The van der Waals surface area contributed by atoms with Gasteiger partial charge in [-0.25, -0.2) is 4.79 Å². The van der Waals surface area contributed by atoms with Gasteiger partial charge >= 0.3 is 6.09 Å². The van der Waals surface area contributed by atoms with Crippen LogP contribution in [-0.4, -0.2) is 36.2 Å². The molecule has 0 unspecified atom stereocenters. The molecule has 198 valence electrons. The number of rotatable bonds is 12. The number of carbonyl (C=O) groups is 3. The minimum atomic E-state index is -0.892. The Hall–Kier alpha value is -4.63. The van der Waals surface area contributed by atoms with E-state index in [0.717, 1.165) is 0 Å². The van der Waals surface area contributed by atoms with Crippen molar-refractivity contribution >= 4 is 29.3 Å². The van der Waals surface area contributed by atoms with Crippen molar-refractivity contribution in [3.05, 3.63) is 102 Å². The van der Waals surface area contributed by atoms with Crippen molar-refractivity contribution in [2.45, 2.75) is 25.4 Å². The summed E-state index contributed by atoms with van der Waals surface area (Å²) in [5.74, 6) is -0.423. The van der Waals surface area contributed by atoms with Crippen molar-refractivity contribution in [1.82, 2.24) is 5.32 Å². The SMILES string of the molecule is Nc1ccccc1NC(=O)/C=C/CCC[C@@H](OC(=O)NC(=O)c1ccccc1)c1ccccc1OCCO. The molecule has 0 fully saturated rings. The number of imide groups is 1. The number of nitrogen functional groups attached to an aromatic ring is 1. The summed E-state index contributed by atoms with van der Waals surface area (Å²) >= 11 is 0. The lowest BCUT2D eigenvalue weighted by atomic mass is 10.0. The average Bonchev–Trinajstić information content (AvgIpc) is 2.93. The number of hydrogen-bond acceptors (Lipinski definition) is 7.